The normalized spacial score (nSPS) is 13.3. The lowest BCUT2D eigenvalue weighted by atomic mass is 10.3. The summed E-state index contributed by atoms with van der Waals surface area (Å²) >= 11 is 13.9. The Labute approximate surface area is 327 Å². The van der Waals surface area contributed by atoms with Gasteiger partial charge < -0.3 is 34.8 Å². The fourth-order valence-corrected chi connectivity index (χ4v) is 6.19. The van der Waals surface area contributed by atoms with E-state index < -0.39 is 38.2 Å². The molecule has 0 aliphatic carbocycles. The number of aliphatic carboxylic acids is 1. The molecule has 1 aliphatic rings. The number of hydrogen-bond donors (Lipinski definition) is 5. The molecule has 0 saturated heterocycles. The number of ether oxygens (including phenoxy) is 1. The van der Waals surface area contributed by atoms with Crippen LogP contribution in [0.25, 0.3) is 0 Å². The van der Waals surface area contributed by atoms with E-state index in [1.165, 1.54) is 13.2 Å². The van der Waals surface area contributed by atoms with Crippen molar-refractivity contribution in [3.8, 4) is 0 Å². The lowest BCUT2D eigenvalue weighted by molar-refractivity contribution is -0.193. The zero-order chi connectivity index (χ0) is 40.3. The van der Waals surface area contributed by atoms with Crippen LogP contribution in [0, 0.1) is 5.82 Å². The van der Waals surface area contributed by atoms with Crippen LogP contribution in [0.5, 0.6) is 0 Å². The SMILES string of the molecule is CCNc1nc(Cl)nc(NC(C)C)n1.COC(=O)CSc1cc(N=c2sc(=O)n3n2CCCC3)c(F)cc1Cl.C[S+](C)C.O=C(O)CNCP(=O)([O-])O. The van der Waals surface area contributed by atoms with Crippen LogP contribution in [0.1, 0.15) is 33.6 Å². The van der Waals surface area contributed by atoms with Crippen LogP contribution in [0.2, 0.25) is 10.3 Å². The van der Waals surface area contributed by atoms with Crippen LogP contribution >= 0.6 is 53.9 Å². The highest BCUT2D eigenvalue weighted by Crippen LogP contribution is 2.33. The zero-order valence-electron chi connectivity index (χ0n) is 30.2. The van der Waals surface area contributed by atoms with Crippen molar-refractivity contribution in [2.45, 2.75) is 57.6 Å². The highest BCUT2D eigenvalue weighted by Gasteiger charge is 2.15. The Morgan fingerprint density at radius 2 is 1.77 bits per heavy atom. The van der Waals surface area contributed by atoms with Gasteiger partial charge in [-0.05, 0) is 79.6 Å². The van der Waals surface area contributed by atoms with Crippen LogP contribution in [0.3, 0.4) is 0 Å². The van der Waals surface area contributed by atoms with Gasteiger partial charge >= 0.3 is 16.8 Å². The predicted molar refractivity (Wildman–Crippen MR) is 208 cm³/mol. The number of carboxylic acids is 1. The lowest BCUT2D eigenvalue weighted by Gasteiger charge is -2.15. The minimum atomic E-state index is -4.35. The van der Waals surface area contributed by atoms with Crippen molar-refractivity contribution >= 4 is 94.3 Å². The van der Waals surface area contributed by atoms with E-state index in [2.05, 4.69) is 54.1 Å². The van der Waals surface area contributed by atoms with Gasteiger partial charge in [0.25, 0.3) is 0 Å². The first kappa shape index (κ1) is 48.3. The number of benzene rings is 1. The van der Waals surface area contributed by atoms with E-state index in [-0.39, 0.29) is 32.7 Å². The minimum absolute atomic E-state index is 0.0605. The Balaban J connectivity index is 0.000000422. The van der Waals surface area contributed by atoms with Crippen molar-refractivity contribution in [3.05, 3.63) is 42.7 Å². The number of halogens is 3. The molecule has 0 fully saturated rings. The topological polar surface area (TPSA) is 238 Å². The molecule has 0 spiro atoms. The summed E-state index contributed by atoms with van der Waals surface area (Å²) < 4.78 is 32.2. The maximum atomic E-state index is 14.3. The Hall–Kier alpha value is -2.75. The van der Waals surface area contributed by atoms with Crippen LogP contribution in [-0.4, -0.2) is 103 Å². The van der Waals surface area contributed by atoms with E-state index in [0.29, 0.717) is 45.6 Å². The molecule has 0 radical (unpaired) electrons. The standard InChI is InChI=1S/C15H15ClFN3O3S2.C8H14ClN5.C3H8NO5P.C3H9S/c1-23-13(21)8-24-12-7-11(10(17)6-9(12)16)18-14-19-4-2-3-5-20(19)15(22)25-14;1-4-10-7-12-6(9)13-8(14-7)11-5(2)3;5-3(6)1-4-2-10(7,8)9;1-4(2)3/h6-7H,2-5,8H2,1H3;5H,4H2,1-3H3,(H2,10,11,12,13,14);4H,1-2H2,(H,5,6)(H2,7,8,9);1-3H3/q;;;+1/p-1. The first-order valence-electron chi connectivity index (χ1n) is 15.7. The van der Waals surface area contributed by atoms with E-state index in [1.807, 2.05) is 26.1 Å². The van der Waals surface area contributed by atoms with Crippen LogP contribution in [0.15, 0.2) is 26.8 Å². The van der Waals surface area contributed by atoms with Crippen LogP contribution in [-0.2, 0) is 42.9 Å². The summed E-state index contributed by atoms with van der Waals surface area (Å²) in [6, 6.07) is 2.91. The molecule has 3 aromatic rings. The number of esters is 1. The molecule has 298 valence electrons. The van der Waals surface area contributed by atoms with Gasteiger partial charge in [0.15, 0.2) is 0 Å². The summed E-state index contributed by atoms with van der Waals surface area (Å²) in [4.78, 5) is 68.3. The molecule has 5 N–H and O–H groups in total. The van der Waals surface area contributed by atoms with Gasteiger partial charge in [-0.15, -0.1) is 11.8 Å². The molecular weight excluding hydrogens is 819 g/mol. The average Bonchev–Trinajstić information content (AvgIpc) is 3.35. The van der Waals surface area contributed by atoms with Gasteiger partial charge in [0.1, 0.15) is 19.1 Å². The van der Waals surface area contributed by atoms with E-state index in [0.717, 1.165) is 48.6 Å². The number of carbonyl (C=O) groups is 2. The number of aromatic nitrogens is 5. The van der Waals surface area contributed by atoms with E-state index >= 15 is 0 Å². The second kappa shape index (κ2) is 24.6. The van der Waals surface area contributed by atoms with Gasteiger partial charge in [0.05, 0.1) is 49.5 Å². The van der Waals surface area contributed by atoms with Crippen molar-refractivity contribution in [2.24, 2.45) is 4.99 Å². The molecule has 1 unspecified atom stereocenters. The number of nitrogens with zero attached hydrogens (tertiary/aromatic N) is 6. The zero-order valence-corrected chi connectivity index (χ0v) is 35.1. The van der Waals surface area contributed by atoms with Crippen LogP contribution < -0.4 is 30.5 Å². The number of rotatable bonds is 12. The van der Waals surface area contributed by atoms with Gasteiger partial charge in [0, 0.05) is 30.6 Å². The van der Waals surface area contributed by atoms with E-state index in [9.17, 15) is 28.2 Å². The fourth-order valence-electron chi connectivity index (χ4n) is 3.64. The summed E-state index contributed by atoms with van der Waals surface area (Å²) in [5.74, 6) is -1.10. The molecular formula is C29H45Cl2FN9O8PS3. The number of carbonyl (C=O) groups excluding carboxylic acids is 1. The third-order valence-corrected chi connectivity index (χ3v) is 8.75. The average molecular weight is 865 g/mol. The van der Waals surface area contributed by atoms with Crippen LogP contribution in [0.4, 0.5) is 22.0 Å². The third kappa shape index (κ3) is 20.5. The van der Waals surface area contributed by atoms with E-state index in [4.69, 9.17) is 33.2 Å². The summed E-state index contributed by atoms with van der Waals surface area (Å²) in [7, 11) is -2.41. The fraction of sp³-hybridized carbons (Fsp3) is 0.552. The van der Waals surface area contributed by atoms with Crippen molar-refractivity contribution < 1.29 is 38.2 Å². The van der Waals surface area contributed by atoms with Crippen molar-refractivity contribution in [1.29, 1.82) is 0 Å². The minimum Gasteiger partial charge on any atom is -0.778 e. The maximum Gasteiger partial charge on any atom is 0.325 e. The number of methoxy groups -OCH3 is 1. The van der Waals surface area contributed by atoms with Gasteiger partial charge in [-0.25, -0.2) is 14.1 Å². The molecule has 4 rings (SSSR count). The molecule has 0 saturated carbocycles. The van der Waals surface area contributed by atoms with Gasteiger partial charge in [-0.3, -0.25) is 24.4 Å². The Morgan fingerprint density at radius 3 is 2.32 bits per heavy atom. The van der Waals surface area contributed by atoms with Crippen molar-refractivity contribution in [3.63, 3.8) is 0 Å². The summed E-state index contributed by atoms with van der Waals surface area (Å²) in [6.07, 6.45) is 7.77. The second-order valence-electron chi connectivity index (χ2n) is 11.2. The number of thioether (sulfide) groups is 1. The largest absolute Gasteiger partial charge is 0.778 e. The molecule has 24 heteroatoms. The van der Waals surface area contributed by atoms with Gasteiger partial charge in [-0.1, -0.05) is 11.6 Å². The first-order chi connectivity index (χ1) is 24.8. The number of anilines is 2. The molecule has 1 aromatic carbocycles. The lowest BCUT2D eigenvalue weighted by Crippen LogP contribution is -2.31. The van der Waals surface area contributed by atoms with Crippen molar-refractivity contribution in [2.75, 3.05) is 61.6 Å². The molecule has 1 atom stereocenters. The molecule has 53 heavy (non-hydrogen) atoms. The van der Waals surface area contributed by atoms with Gasteiger partial charge in [0.2, 0.25) is 22.0 Å². The highest BCUT2D eigenvalue weighted by molar-refractivity contribution is 8.00. The predicted octanol–water partition coefficient (Wildman–Crippen LogP) is 3.23. The third-order valence-electron chi connectivity index (χ3n) is 5.63. The smallest absolute Gasteiger partial charge is 0.325 e. The molecule has 3 heterocycles. The molecule has 1 aliphatic heterocycles. The summed E-state index contributed by atoms with van der Waals surface area (Å²) in [6.45, 7) is 7.57. The molecule has 2 aromatic heterocycles. The second-order valence-corrected chi connectivity index (χ2v) is 18.0. The Bertz CT molecular complexity index is 1810. The number of fused-ring (bicyclic) bond motifs is 1. The first-order valence-corrected chi connectivity index (χ1v) is 22.4. The number of nitrogens with one attached hydrogen (secondary N) is 3. The number of hydrogen-bond acceptors (Lipinski definition) is 15. The van der Waals surface area contributed by atoms with E-state index in [1.54, 1.807) is 9.36 Å². The molecule has 0 amide bonds. The monoisotopic (exact) mass is 863 g/mol. The Morgan fingerprint density at radius 1 is 1.17 bits per heavy atom. The molecule has 0 bridgehead atoms. The highest BCUT2D eigenvalue weighted by atomic mass is 35.5. The summed E-state index contributed by atoms with van der Waals surface area (Å²) in [5.41, 5.74) is 0.0829. The maximum absolute atomic E-state index is 14.3. The Kier molecular flexibility index (Phi) is 22.4. The van der Waals surface area contributed by atoms with Gasteiger partial charge in [-0.2, -0.15) is 15.0 Å². The quantitative estimate of drug-likeness (QED) is 0.0761. The summed E-state index contributed by atoms with van der Waals surface area (Å²) in [5, 5.41) is 16.4. The number of carboxylic acid groups (broad SMARTS) is 1. The van der Waals surface area contributed by atoms with Crippen molar-refractivity contribution in [1.82, 2.24) is 29.6 Å². The molecule has 17 nitrogen and oxygen atoms in total.